The van der Waals surface area contributed by atoms with Crippen LogP contribution in [0.15, 0.2) is 158 Å². The highest BCUT2D eigenvalue weighted by Crippen LogP contribution is 2.43. The first kappa shape index (κ1) is 40.9. The van der Waals surface area contributed by atoms with Gasteiger partial charge in [-0.2, -0.15) is 0 Å². The van der Waals surface area contributed by atoms with Gasteiger partial charge in [0.05, 0.1) is 0 Å². The van der Waals surface area contributed by atoms with E-state index < -0.39 is 0 Å². The average Bonchev–Trinajstić information content (AvgIpc) is 3.20. The number of anilines is 6. The highest BCUT2D eigenvalue weighted by atomic mass is 15.1. The van der Waals surface area contributed by atoms with Crippen LogP contribution in [0.3, 0.4) is 0 Å². The van der Waals surface area contributed by atoms with Crippen LogP contribution in [0.2, 0.25) is 0 Å². The van der Waals surface area contributed by atoms with Gasteiger partial charge in [0.15, 0.2) is 0 Å². The predicted octanol–water partition coefficient (Wildman–Crippen LogP) is 17.3. The minimum Gasteiger partial charge on any atom is -0.310 e. The molecule has 0 N–H and O–H groups in total. The first-order valence-electron chi connectivity index (χ1n) is 21.7. The van der Waals surface area contributed by atoms with Crippen LogP contribution in [0.4, 0.5) is 34.1 Å². The van der Waals surface area contributed by atoms with Crippen LogP contribution in [0.25, 0.3) is 32.3 Å². The lowest BCUT2D eigenvalue weighted by molar-refractivity contribution is 0.590. The smallest absolute Gasteiger partial charge is 0.0468 e. The van der Waals surface area contributed by atoms with E-state index in [1.165, 1.54) is 54.6 Å². The summed E-state index contributed by atoms with van der Waals surface area (Å²) in [6, 6.07) is 59.7. The second-order valence-electron chi connectivity index (χ2n) is 20.9. The van der Waals surface area contributed by atoms with Crippen molar-refractivity contribution in [2.45, 2.75) is 105 Å². The molecule has 2 heteroatoms. The minimum absolute atomic E-state index is 0.0703. The number of hydrogen-bond donors (Lipinski definition) is 0. The van der Waals surface area contributed by atoms with Crippen LogP contribution in [0.5, 0.6) is 0 Å². The summed E-state index contributed by atoms with van der Waals surface area (Å²) in [5.74, 6) is 0. The van der Waals surface area contributed by atoms with Crippen molar-refractivity contribution < 1.29 is 0 Å². The standard InChI is InChI=1S/C58H62N2/c1-55(2,3)42-19-29-46(30-20-42)59(47-31-21-43(22-32-47)56(4,5)6)50-27-17-39-13-15-41-16-14-40-18-28-51(38-53(40)54(41)52(39)37-50)60(48-33-23-44(24-34-48)57(7,8)9)49-35-25-45(26-36-49)58(10,11)12/h13-38H,1-12H3. The van der Waals surface area contributed by atoms with Crippen molar-refractivity contribution in [2.75, 3.05) is 9.80 Å². The molecule has 8 aromatic rings. The van der Waals surface area contributed by atoms with Gasteiger partial charge >= 0.3 is 0 Å². The molecule has 0 bridgehead atoms. The second-order valence-corrected chi connectivity index (χ2v) is 20.9. The van der Waals surface area contributed by atoms with Gasteiger partial charge in [0.25, 0.3) is 0 Å². The maximum atomic E-state index is 2.41. The molecule has 8 aromatic carbocycles. The Labute approximate surface area is 359 Å². The Hall–Kier alpha value is -5.86. The van der Waals surface area contributed by atoms with Crippen molar-refractivity contribution in [1.29, 1.82) is 0 Å². The van der Waals surface area contributed by atoms with Crippen molar-refractivity contribution in [2.24, 2.45) is 0 Å². The van der Waals surface area contributed by atoms with E-state index in [2.05, 4.69) is 251 Å². The molecule has 0 aliphatic heterocycles. The molecule has 0 amide bonds. The van der Waals surface area contributed by atoms with Crippen molar-refractivity contribution in [1.82, 2.24) is 0 Å². The topological polar surface area (TPSA) is 6.48 Å². The molecule has 8 rings (SSSR count). The molecule has 0 aliphatic carbocycles. The van der Waals surface area contributed by atoms with E-state index in [0.717, 1.165) is 34.1 Å². The number of nitrogens with zero attached hydrogens (tertiary/aromatic N) is 2. The van der Waals surface area contributed by atoms with E-state index in [9.17, 15) is 0 Å². The molecule has 0 saturated carbocycles. The number of benzene rings is 8. The summed E-state index contributed by atoms with van der Waals surface area (Å²) < 4.78 is 0. The summed E-state index contributed by atoms with van der Waals surface area (Å²) in [6.45, 7) is 27.3. The van der Waals surface area contributed by atoms with Gasteiger partial charge in [-0.05, 0) is 149 Å². The molecule has 0 aliphatic rings. The van der Waals surface area contributed by atoms with E-state index >= 15 is 0 Å². The van der Waals surface area contributed by atoms with Crippen molar-refractivity contribution in [3.63, 3.8) is 0 Å². The average molecular weight is 787 g/mol. The molecular weight excluding hydrogens is 725 g/mol. The van der Waals surface area contributed by atoms with E-state index in [1.807, 2.05) is 0 Å². The molecule has 0 spiro atoms. The molecule has 0 heterocycles. The zero-order valence-electron chi connectivity index (χ0n) is 37.9. The molecule has 304 valence electrons. The Kier molecular flexibility index (Phi) is 10.2. The van der Waals surface area contributed by atoms with E-state index in [0.29, 0.717) is 0 Å². The molecule has 2 nitrogen and oxygen atoms in total. The van der Waals surface area contributed by atoms with Crippen LogP contribution in [-0.2, 0) is 21.7 Å². The van der Waals surface area contributed by atoms with Gasteiger partial charge in [0.1, 0.15) is 0 Å². The van der Waals surface area contributed by atoms with Crippen LogP contribution >= 0.6 is 0 Å². The van der Waals surface area contributed by atoms with E-state index in [-0.39, 0.29) is 21.7 Å². The Bertz CT molecular complexity index is 2490. The third kappa shape index (κ3) is 8.05. The second kappa shape index (κ2) is 15.0. The fraction of sp³-hybridized carbons (Fsp3) is 0.276. The Morgan fingerprint density at radius 1 is 0.250 bits per heavy atom. The Morgan fingerprint density at radius 3 is 0.717 bits per heavy atom. The largest absolute Gasteiger partial charge is 0.310 e. The molecule has 0 atom stereocenters. The monoisotopic (exact) mass is 786 g/mol. The summed E-state index contributed by atoms with van der Waals surface area (Å²) in [5, 5.41) is 7.43. The van der Waals surface area contributed by atoms with Gasteiger partial charge in [-0.3, -0.25) is 0 Å². The quantitative estimate of drug-likeness (QED) is 0.155. The van der Waals surface area contributed by atoms with E-state index in [4.69, 9.17) is 0 Å². The maximum absolute atomic E-state index is 2.41. The van der Waals surface area contributed by atoms with Crippen molar-refractivity contribution in [3.05, 3.63) is 180 Å². The fourth-order valence-electron chi connectivity index (χ4n) is 8.46. The van der Waals surface area contributed by atoms with Crippen LogP contribution < -0.4 is 9.80 Å². The summed E-state index contributed by atoms with van der Waals surface area (Å²) >= 11 is 0. The zero-order chi connectivity index (χ0) is 42.8. The molecular formula is C58H62N2. The molecule has 0 aromatic heterocycles. The Balaban J connectivity index is 1.33. The molecule has 0 radical (unpaired) electrons. The summed E-state index contributed by atoms with van der Waals surface area (Å²) in [7, 11) is 0. The highest BCUT2D eigenvalue weighted by molar-refractivity contribution is 6.21. The van der Waals surface area contributed by atoms with Crippen LogP contribution in [0.1, 0.15) is 105 Å². The lowest BCUT2D eigenvalue weighted by atomic mass is 9.86. The SMILES string of the molecule is CC(C)(C)c1ccc(N(c2ccc(C(C)(C)C)cc2)c2ccc3ccc4ccc5ccc(N(c6ccc(C(C)(C)C)cc6)c6ccc(C(C)(C)C)cc6)cc5c4c3c2)cc1. The molecule has 0 saturated heterocycles. The van der Waals surface area contributed by atoms with Gasteiger partial charge in [-0.1, -0.05) is 168 Å². The molecule has 0 fully saturated rings. The minimum atomic E-state index is 0.0703. The van der Waals surface area contributed by atoms with Gasteiger partial charge in [0.2, 0.25) is 0 Å². The fourth-order valence-corrected chi connectivity index (χ4v) is 8.46. The number of hydrogen-bond acceptors (Lipinski definition) is 2. The lowest BCUT2D eigenvalue weighted by Crippen LogP contribution is -2.14. The summed E-state index contributed by atoms with van der Waals surface area (Å²) in [4.78, 5) is 4.83. The van der Waals surface area contributed by atoms with Crippen LogP contribution in [0, 0.1) is 0 Å². The normalized spacial score (nSPS) is 12.7. The first-order valence-corrected chi connectivity index (χ1v) is 21.7. The third-order valence-corrected chi connectivity index (χ3v) is 12.3. The zero-order valence-corrected chi connectivity index (χ0v) is 37.9. The third-order valence-electron chi connectivity index (χ3n) is 12.3. The lowest BCUT2D eigenvalue weighted by Gasteiger charge is -2.29. The van der Waals surface area contributed by atoms with Gasteiger partial charge in [0, 0.05) is 34.1 Å². The van der Waals surface area contributed by atoms with Gasteiger partial charge in [-0.15, -0.1) is 0 Å². The molecule has 0 unspecified atom stereocenters. The van der Waals surface area contributed by atoms with E-state index in [1.54, 1.807) is 0 Å². The van der Waals surface area contributed by atoms with Gasteiger partial charge < -0.3 is 9.80 Å². The first-order chi connectivity index (χ1) is 28.3. The highest BCUT2D eigenvalue weighted by Gasteiger charge is 2.22. The number of fused-ring (bicyclic) bond motifs is 5. The van der Waals surface area contributed by atoms with Crippen LogP contribution in [-0.4, -0.2) is 0 Å². The summed E-state index contributed by atoms with van der Waals surface area (Å²) in [5.41, 5.74) is 12.4. The van der Waals surface area contributed by atoms with Gasteiger partial charge in [-0.25, -0.2) is 0 Å². The van der Waals surface area contributed by atoms with Crippen molar-refractivity contribution in [3.8, 4) is 0 Å². The number of rotatable bonds is 6. The Morgan fingerprint density at radius 2 is 0.467 bits per heavy atom. The van der Waals surface area contributed by atoms with Crippen molar-refractivity contribution >= 4 is 66.4 Å². The maximum Gasteiger partial charge on any atom is 0.0468 e. The predicted molar refractivity (Wildman–Crippen MR) is 263 cm³/mol. The molecule has 60 heavy (non-hydrogen) atoms. The summed E-state index contributed by atoms with van der Waals surface area (Å²) in [6.07, 6.45) is 0.